The van der Waals surface area contributed by atoms with E-state index >= 15 is 0 Å². The van der Waals surface area contributed by atoms with Gasteiger partial charge in [-0.05, 0) is 56.4 Å². The molecule has 1 atom stereocenters. The van der Waals surface area contributed by atoms with Gasteiger partial charge in [0.1, 0.15) is 0 Å². The van der Waals surface area contributed by atoms with E-state index in [9.17, 15) is 0 Å². The van der Waals surface area contributed by atoms with Crippen LogP contribution in [0.5, 0.6) is 0 Å². The molecule has 0 aliphatic heterocycles. The van der Waals surface area contributed by atoms with Crippen molar-refractivity contribution >= 4 is 54.5 Å². The lowest BCUT2D eigenvalue weighted by Gasteiger charge is -2.13. The van der Waals surface area contributed by atoms with E-state index < -0.39 is 0 Å². The second-order valence-corrected chi connectivity index (χ2v) is 7.12. The number of hydrogen-bond acceptors (Lipinski definition) is 3. The first-order chi connectivity index (χ1) is 7.70. The largest absolute Gasteiger partial charge is 0.312 e. The summed E-state index contributed by atoms with van der Waals surface area (Å²) < 4.78 is 2.38. The second-order valence-electron chi connectivity index (χ2n) is 3.40. The van der Waals surface area contributed by atoms with Crippen molar-refractivity contribution in [2.75, 3.05) is 7.05 Å². The molecule has 2 aromatic rings. The monoisotopic (exact) mass is 379 g/mol. The van der Waals surface area contributed by atoms with Crippen LogP contribution in [0.4, 0.5) is 0 Å². The van der Waals surface area contributed by atoms with Gasteiger partial charge in [-0.1, -0.05) is 0 Å². The number of hydrogen-bond donors (Lipinski definition) is 1. The fourth-order valence-corrected chi connectivity index (χ4v) is 4.63. The fourth-order valence-electron chi connectivity index (χ4n) is 1.51. The molecule has 16 heavy (non-hydrogen) atoms. The van der Waals surface area contributed by atoms with E-state index in [-0.39, 0.29) is 0 Å². The number of rotatable bonds is 4. The van der Waals surface area contributed by atoms with Gasteiger partial charge in [-0.2, -0.15) is 0 Å². The molecule has 0 radical (unpaired) electrons. The second kappa shape index (κ2) is 5.78. The van der Waals surface area contributed by atoms with E-state index in [4.69, 9.17) is 0 Å². The van der Waals surface area contributed by atoms with Gasteiger partial charge in [-0.15, -0.1) is 22.7 Å². The van der Waals surface area contributed by atoms with Crippen LogP contribution in [0.25, 0.3) is 0 Å². The number of likely N-dealkylation sites (N-methyl/N-ethyl adjacent to an activating group) is 1. The summed E-state index contributed by atoms with van der Waals surface area (Å²) in [5, 5.41) is 7.62. The maximum Gasteiger partial charge on any atom is 0.0461 e. The van der Waals surface area contributed by atoms with Crippen LogP contribution < -0.4 is 5.32 Å². The van der Waals surface area contributed by atoms with E-state index in [1.54, 1.807) is 22.7 Å². The Morgan fingerprint density at radius 1 is 1.38 bits per heavy atom. The van der Waals surface area contributed by atoms with Crippen molar-refractivity contribution in [3.05, 3.63) is 41.6 Å². The zero-order chi connectivity index (χ0) is 11.5. The Hall–Kier alpha value is 0.320. The van der Waals surface area contributed by atoms with Gasteiger partial charge in [0, 0.05) is 36.5 Å². The molecule has 2 rings (SSSR count). The third kappa shape index (κ3) is 2.96. The normalized spacial score (nSPS) is 12.9. The Kier molecular flexibility index (Phi) is 4.61. The van der Waals surface area contributed by atoms with Gasteiger partial charge in [-0.3, -0.25) is 0 Å². The van der Waals surface area contributed by atoms with E-state index in [0.717, 1.165) is 10.9 Å². The van der Waals surface area contributed by atoms with Crippen molar-refractivity contribution in [3.63, 3.8) is 0 Å². The van der Waals surface area contributed by atoms with E-state index in [2.05, 4.69) is 60.1 Å². The molecule has 0 fully saturated rings. The maximum absolute atomic E-state index is 3.58. The number of halogens is 2. The topological polar surface area (TPSA) is 12.0 Å². The highest BCUT2D eigenvalue weighted by Crippen LogP contribution is 2.31. The highest BCUT2D eigenvalue weighted by atomic mass is 79.9. The van der Waals surface area contributed by atoms with Gasteiger partial charge in [0.2, 0.25) is 0 Å². The summed E-state index contributed by atoms with van der Waals surface area (Å²) in [7, 11) is 2.01. The van der Waals surface area contributed by atoms with Crippen LogP contribution in [0.1, 0.15) is 15.8 Å². The smallest absolute Gasteiger partial charge is 0.0461 e. The van der Waals surface area contributed by atoms with Crippen LogP contribution in [0, 0.1) is 0 Å². The predicted octanol–water partition coefficient (Wildman–Crippen LogP) is 4.84. The summed E-state index contributed by atoms with van der Waals surface area (Å²) in [5.74, 6) is 0. The van der Waals surface area contributed by atoms with Gasteiger partial charge in [0.15, 0.2) is 0 Å². The molecule has 5 heteroatoms. The van der Waals surface area contributed by atoms with Crippen LogP contribution in [0.15, 0.2) is 31.8 Å². The predicted molar refractivity (Wildman–Crippen MR) is 79.5 cm³/mol. The van der Waals surface area contributed by atoms with Gasteiger partial charge in [0.05, 0.1) is 0 Å². The Morgan fingerprint density at radius 2 is 2.19 bits per heavy atom. The highest BCUT2D eigenvalue weighted by molar-refractivity contribution is 9.10. The number of thiophene rings is 2. The molecule has 2 heterocycles. The molecule has 0 spiro atoms. The first-order valence-electron chi connectivity index (χ1n) is 4.83. The highest BCUT2D eigenvalue weighted by Gasteiger charge is 2.14. The van der Waals surface area contributed by atoms with E-state index in [1.165, 1.54) is 14.2 Å². The van der Waals surface area contributed by atoms with Crippen molar-refractivity contribution in [2.45, 2.75) is 12.5 Å². The Bertz CT molecular complexity index is 464. The van der Waals surface area contributed by atoms with Gasteiger partial charge in [-0.25, -0.2) is 0 Å². The zero-order valence-electron chi connectivity index (χ0n) is 8.67. The number of nitrogens with one attached hydrogen (secondary N) is 1. The molecule has 1 unspecified atom stereocenters. The molecule has 86 valence electrons. The molecular formula is C11H11Br2NS2. The fraction of sp³-hybridized carbons (Fsp3) is 0.273. The Labute approximate surface area is 120 Å². The van der Waals surface area contributed by atoms with Crippen LogP contribution >= 0.6 is 54.5 Å². The molecule has 0 aromatic carbocycles. The van der Waals surface area contributed by atoms with Crippen LogP contribution in [-0.4, -0.2) is 7.05 Å². The Morgan fingerprint density at radius 3 is 2.69 bits per heavy atom. The summed E-state index contributed by atoms with van der Waals surface area (Å²) in [4.78, 5) is 2.76. The Balaban J connectivity index is 2.15. The van der Waals surface area contributed by atoms with Gasteiger partial charge >= 0.3 is 0 Å². The summed E-state index contributed by atoms with van der Waals surface area (Å²) >= 11 is 10.7. The van der Waals surface area contributed by atoms with Crippen LogP contribution in [0.2, 0.25) is 0 Å². The summed E-state index contributed by atoms with van der Waals surface area (Å²) in [6, 6.07) is 4.69. The lowest BCUT2D eigenvalue weighted by atomic mass is 10.1. The minimum atomic E-state index is 0.395. The zero-order valence-corrected chi connectivity index (χ0v) is 13.5. The summed E-state index contributed by atoms with van der Waals surface area (Å²) in [6.45, 7) is 0. The van der Waals surface area contributed by atoms with Gasteiger partial charge < -0.3 is 5.32 Å². The summed E-state index contributed by atoms with van der Waals surface area (Å²) in [5.41, 5.74) is 0. The molecule has 0 saturated heterocycles. The first kappa shape index (κ1) is 12.8. The van der Waals surface area contributed by atoms with Crippen molar-refractivity contribution in [1.82, 2.24) is 5.32 Å². The maximum atomic E-state index is 3.58. The molecule has 1 nitrogen and oxygen atoms in total. The van der Waals surface area contributed by atoms with Crippen molar-refractivity contribution < 1.29 is 0 Å². The lowest BCUT2D eigenvalue weighted by molar-refractivity contribution is 0.606. The van der Waals surface area contributed by atoms with Crippen molar-refractivity contribution in [3.8, 4) is 0 Å². The average molecular weight is 381 g/mol. The van der Waals surface area contributed by atoms with Crippen LogP contribution in [-0.2, 0) is 6.42 Å². The first-order valence-corrected chi connectivity index (χ1v) is 8.18. The van der Waals surface area contributed by atoms with Crippen LogP contribution in [0.3, 0.4) is 0 Å². The average Bonchev–Trinajstić information content (AvgIpc) is 2.85. The van der Waals surface area contributed by atoms with Gasteiger partial charge in [0.25, 0.3) is 0 Å². The molecule has 0 saturated carbocycles. The quantitative estimate of drug-likeness (QED) is 0.800. The standard InChI is InChI=1S/C11H11Br2NS2/c1-14-9(11-4-7(12)6-16-11)5-10-8(13)2-3-15-10/h2-4,6,9,14H,5H2,1H3. The third-order valence-electron chi connectivity index (χ3n) is 2.36. The van der Waals surface area contributed by atoms with E-state index in [1.807, 2.05) is 7.05 Å². The summed E-state index contributed by atoms with van der Waals surface area (Å²) in [6.07, 6.45) is 1.03. The van der Waals surface area contributed by atoms with E-state index in [0.29, 0.717) is 6.04 Å². The molecule has 0 amide bonds. The van der Waals surface area contributed by atoms with Crippen molar-refractivity contribution in [2.24, 2.45) is 0 Å². The molecule has 2 aromatic heterocycles. The molecular weight excluding hydrogens is 370 g/mol. The molecule has 0 bridgehead atoms. The third-order valence-corrected chi connectivity index (χ3v) is 6.12. The lowest BCUT2D eigenvalue weighted by Crippen LogP contribution is -2.17. The molecule has 1 N–H and O–H groups in total. The van der Waals surface area contributed by atoms with Crippen molar-refractivity contribution in [1.29, 1.82) is 0 Å². The molecule has 0 aliphatic rings. The molecule has 0 aliphatic carbocycles. The SMILES string of the molecule is CNC(Cc1sccc1Br)c1cc(Br)cs1. The minimum absolute atomic E-state index is 0.395. The minimum Gasteiger partial charge on any atom is -0.312 e.